The molecule has 0 aliphatic heterocycles. The number of alkyl halides is 1. The molecule has 4 N–H and O–H groups in total. The number of nitroso groups, excluding NO2 is 1. The molecule has 0 amide bonds. The fourth-order valence-corrected chi connectivity index (χ4v) is 3.17. The van der Waals surface area contributed by atoms with Crippen molar-refractivity contribution in [2.24, 2.45) is 25.1 Å². The lowest BCUT2D eigenvalue weighted by Crippen LogP contribution is -2.01. The minimum Gasteiger partial charge on any atom is -0.507 e. The van der Waals surface area contributed by atoms with Crippen molar-refractivity contribution in [2.45, 2.75) is 0 Å². The number of aliphatic carboxylic acids is 2. The van der Waals surface area contributed by atoms with Crippen molar-refractivity contribution in [1.82, 2.24) is 0 Å². The lowest BCUT2D eigenvalue weighted by atomic mass is 9.95. The molecule has 2 aromatic rings. The second-order valence-electron chi connectivity index (χ2n) is 7.02. The molecule has 194 valence electrons. The lowest BCUT2D eigenvalue weighted by Gasteiger charge is -2.12. The van der Waals surface area contributed by atoms with Crippen LogP contribution < -0.4 is 0 Å². The molecular weight excluding hydrogens is 513 g/mol. The summed E-state index contributed by atoms with van der Waals surface area (Å²) in [6.07, 6.45) is 4.40. The van der Waals surface area contributed by atoms with Gasteiger partial charge in [-0.2, -0.15) is 0 Å². The molecule has 0 saturated carbocycles. The van der Waals surface area contributed by atoms with Gasteiger partial charge in [-0.3, -0.25) is 29.6 Å². The first-order valence-electron chi connectivity index (χ1n) is 10.1. The lowest BCUT2D eigenvalue weighted by molar-refractivity contribution is -0.136. The predicted molar refractivity (Wildman–Crippen MR) is 136 cm³/mol. The highest BCUT2D eigenvalue weighted by Crippen LogP contribution is 2.33. The van der Waals surface area contributed by atoms with E-state index in [2.05, 4.69) is 25.1 Å². The summed E-state index contributed by atoms with van der Waals surface area (Å²) in [5, 5.41) is 31.2. The molecular formula is C22H20FN5O8S. The van der Waals surface area contributed by atoms with Crippen LogP contribution in [0.1, 0.15) is 22.3 Å². The molecule has 0 aliphatic carbocycles. The maximum Gasteiger partial charge on any atom is 0.325 e. The molecule has 1 unspecified atom stereocenters. The van der Waals surface area contributed by atoms with Gasteiger partial charge in [0.25, 0.3) is 0 Å². The van der Waals surface area contributed by atoms with E-state index in [9.17, 15) is 28.2 Å². The van der Waals surface area contributed by atoms with Gasteiger partial charge in [0.1, 0.15) is 30.4 Å². The number of nitrogens with zero attached hydrogens (tertiary/aromatic N) is 5. The van der Waals surface area contributed by atoms with Gasteiger partial charge in [0, 0.05) is 47.1 Å². The van der Waals surface area contributed by atoms with E-state index in [0.29, 0.717) is 11.1 Å². The highest BCUT2D eigenvalue weighted by Gasteiger charge is 2.14. The second kappa shape index (κ2) is 14.2. The van der Waals surface area contributed by atoms with E-state index in [0.717, 1.165) is 24.9 Å². The van der Waals surface area contributed by atoms with Crippen LogP contribution in [0.3, 0.4) is 0 Å². The number of benzene rings is 2. The molecule has 1 atom stereocenters. The quantitative estimate of drug-likeness (QED) is 0.130. The van der Waals surface area contributed by atoms with Crippen molar-refractivity contribution in [2.75, 3.05) is 25.8 Å². The van der Waals surface area contributed by atoms with E-state index < -0.39 is 48.8 Å². The third-order valence-electron chi connectivity index (χ3n) is 4.39. The topological polar surface area (TPSA) is 211 Å². The van der Waals surface area contributed by atoms with Gasteiger partial charge < -0.3 is 19.9 Å². The molecule has 0 aliphatic rings. The van der Waals surface area contributed by atoms with E-state index in [1.165, 1.54) is 24.3 Å². The zero-order chi connectivity index (χ0) is 27.4. The predicted octanol–water partition coefficient (Wildman–Crippen LogP) is 2.41. The number of carboxylic acid groups (broad SMARTS) is 2. The number of hydrogen-bond donors (Lipinski definition) is 4. The summed E-state index contributed by atoms with van der Waals surface area (Å²) in [6.45, 7) is -2.24. The van der Waals surface area contributed by atoms with Gasteiger partial charge in [0.15, 0.2) is 17.9 Å². The van der Waals surface area contributed by atoms with E-state index in [1.54, 1.807) is 0 Å². The highest BCUT2D eigenvalue weighted by molar-refractivity contribution is 7.79. The number of halogens is 1. The molecule has 0 spiro atoms. The summed E-state index contributed by atoms with van der Waals surface area (Å²) >= 11 is -2.24. The average Bonchev–Trinajstić information content (AvgIpc) is 2.83. The first-order valence-corrected chi connectivity index (χ1v) is 11.4. The monoisotopic (exact) mass is 533 g/mol. The molecule has 0 radical (unpaired) electrons. The highest BCUT2D eigenvalue weighted by atomic mass is 32.2. The fraction of sp³-hybridized carbons (Fsp3) is 0.182. The van der Waals surface area contributed by atoms with Crippen molar-refractivity contribution >= 4 is 53.6 Å². The third kappa shape index (κ3) is 8.90. The molecule has 2 rings (SSSR count). The van der Waals surface area contributed by atoms with E-state index in [-0.39, 0.29) is 33.7 Å². The Balaban J connectivity index is 2.77. The number of hydrogen-bond acceptors (Lipinski definition) is 10. The Morgan fingerprint density at radius 2 is 1.24 bits per heavy atom. The summed E-state index contributed by atoms with van der Waals surface area (Å²) in [5.41, 5.74) is 0.884. The molecule has 0 aromatic heterocycles. The second-order valence-corrected chi connectivity index (χ2v) is 7.92. The summed E-state index contributed by atoms with van der Waals surface area (Å²) in [5.74, 6) is -3.26. The Hall–Kier alpha value is -4.50. The van der Waals surface area contributed by atoms with E-state index >= 15 is 0 Å². The number of aliphatic imine (C=N–C) groups is 4. The molecule has 0 heterocycles. The third-order valence-corrected chi connectivity index (χ3v) is 4.76. The molecule has 0 bridgehead atoms. The fourth-order valence-electron chi connectivity index (χ4n) is 2.97. The van der Waals surface area contributed by atoms with Gasteiger partial charge in [0.05, 0.1) is 0 Å². The smallest absolute Gasteiger partial charge is 0.325 e. The van der Waals surface area contributed by atoms with Crippen molar-refractivity contribution < 1.29 is 38.1 Å². The number of carboxylic acids is 2. The Morgan fingerprint density at radius 1 is 0.811 bits per heavy atom. The standard InChI is InChI=1S/C22H20FN5O8S/c23-11-26-5-15-1-13(2-16(21(15)28-34)6-27-12-37(35)36)14-3-17(7-24-9-19(29)30)22(33)18(4-14)8-25-10-20(31)32/h1-8,33H,9-12H2,(H,29,30)(H,31,32)(H,35,36). The maximum absolute atomic E-state index is 12.7. The largest absolute Gasteiger partial charge is 0.507 e. The molecule has 0 saturated heterocycles. The first kappa shape index (κ1) is 28.7. The molecule has 13 nitrogen and oxygen atoms in total. The van der Waals surface area contributed by atoms with Crippen molar-refractivity contribution in [3.8, 4) is 16.9 Å². The zero-order valence-corrected chi connectivity index (χ0v) is 19.7. The number of aromatic hydroxyl groups is 1. The van der Waals surface area contributed by atoms with Gasteiger partial charge in [-0.05, 0) is 40.6 Å². The van der Waals surface area contributed by atoms with Crippen LogP contribution in [0.5, 0.6) is 5.75 Å². The van der Waals surface area contributed by atoms with Gasteiger partial charge in [0.2, 0.25) is 0 Å². The maximum atomic E-state index is 12.7. The van der Waals surface area contributed by atoms with Gasteiger partial charge >= 0.3 is 11.9 Å². The Morgan fingerprint density at radius 3 is 1.65 bits per heavy atom. The summed E-state index contributed by atoms with van der Waals surface area (Å²) in [4.78, 5) is 47.9. The minimum absolute atomic E-state index is 0.0676. The van der Waals surface area contributed by atoms with Gasteiger partial charge in [-0.15, -0.1) is 4.91 Å². The van der Waals surface area contributed by atoms with Crippen LogP contribution in [-0.4, -0.2) is 86.6 Å². The first-order chi connectivity index (χ1) is 17.7. The number of rotatable bonds is 13. The van der Waals surface area contributed by atoms with Crippen molar-refractivity contribution in [3.05, 3.63) is 51.4 Å². The average molecular weight is 533 g/mol. The number of phenols is 1. The summed E-state index contributed by atoms with van der Waals surface area (Å²) in [6, 6.07) is 5.73. The van der Waals surface area contributed by atoms with Crippen LogP contribution in [0, 0.1) is 4.91 Å². The molecule has 2 aromatic carbocycles. The zero-order valence-electron chi connectivity index (χ0n) is 18.9. The Kier molecular flexibility index (Phi) is 11.0. The van der Waals surface area contributed by atoms with Crippen LogP contribution in [0.2, 0.25) is 0 Å². The Bertz CT molecular complexity index is 1280. The van der Waals surface area contributed by atoms with Gasteiger partial charge in [-0.1, -0.05) is 0 Å². The van der Waals surface area contributed by atoms with E-state index in [1.807, 2.05) is 0 Å². The summed E-state index contributed by atoms with van der Waals surface area (Å²) in [7, 11) is 0. The van der Waals surface area contributed by atoms with Crippen LogP contribution >= 0.6 is 0 Å². The molecule has 15 heteroatoms. The summed E-state index contributed by atoms with van der Waals surface area (Å²) < 4.78 is 32.6. The van der Waals surface area contributed by atoms with Crippen LogP contribution in [0.25, 0.3) is 11.1 Å². The van der Waals surface area contributed by atoms with Crippen LogP contribution in [0.4, 0.5) is 10.1 Å². The Labute approximate surface area is 211 Å². The van der Waals surface area contributed by atoms with Gasteiger partial charge in [-0.25, -0.2) is 8.60 Å². The number of phenolic OH excluding ortho intramolecular Hbond substituents is 1. The van der Waals surface area contributed by atoms with Crippen LogP contribution in [-0.2, 0) is 20.7 Å². The molecule has 0 fully saturated rings. The molecule has 37 heavy (non-hydrogen) atoms. The van der Waals surface area contributed by atoms with Crippen molar-refractivity contribution in [3.63, 3.8) is 0 Å². The van der Waals surface area contributed by atoms with E-state index in [4.69, 9.17) is 14.8 Å². The minimum atomic E-state index is -2.24. The number of carbonyl (C=O) groups is 2. The van der Waals surface area contributed by atoms with Crippen molar-refractivity contribution in [1.29, 1.82) is 0 Å². The van der Waals surface area contributed by atoms with Crippen LogP contribution in [0.15, 0.2) is 49.4 Å². The normalized spacial score (nSPS) is 12.7. The SMILES string of the molecule is O=Nc1c(C=NCF)cc(-c2cc(C=NCC(=O)O)c(O)c(C=NCC(=O)O)c2)cc1C=NCS(=O)O.